The SMILES string of the molecule is N=Nc1ccc(N=Nc2cccc(S(=O)(=O)O)c2)c2ccccc12. The zero-order chi connectivity index (χ0) is 17.2. The van der Waals surface area contributed by atoms with E-state index in [1.807, 2.05) is 24.3 Å². The first-order chi connectivity index (χ1) is 11.5. The summed E-state index contributed by atoms with van der Waals surface area (Å²) in [5.74, 6) is 0. The number of benzene rings is 3. The topological polar surface area (TPSA) is 115 Å². The molecule has 0 saturated carbocycles. The molecule has 24 heavy (non-hydrogen) atoms. The number of fused-ring (bicyclic) bond motifs is 1. The van der Waals surface area contributed by atoms with Gasteiger partial charge in [0.1, 0.15) is 0 Å². The molecule has 8 heteroatoms. The molecule has 0 aliphatic heterocycles. The molecular weight excluding hydrogens is 328 g/mol. The number of hydrogen-bond donors (Lipinski definition) is 2. The van der Waals surface area contributed by atoms with Gasteiger partial charge in [-0.15, -0.1) is 5.11 Å². The van der Waals surface area contributed by atoms with Gasteiger partial charge in [0.2, 0.25) is 0 Å². The molecule has 0 saturated heterocycles. The van der Waals surface area contributed by atoms with Crippen LogP contribution in [-0.2, 0) is 10.1 Å². The van der Waals surface area contributed by atoms with Crippen molar-refractivity contribution in [1.82, 2.24) is 0 Å². The summed E-state index contributed by atoms with van der Waals surface area (Å²) in [7, 11) is -4.29. The fourth-order valence-corrected chi connectivity index (χ4v) is 2.79. The maximum atomic E-state index is 11.2. The average molecular weight is 340 g/mol. The molecule has 0 heterocycles. The fourth-order valence-electron chi connectivity index (χ4n) is 2.27. The lowest BCUT2D eigenvalue weighted by atomic mass is 10.1. The summed E-state index contributed by atoms with van der Waals surface area (Å²) >= 11 is 0. The average Bonchev–Trinajstić information content (AvgIpc) is 2.59. The molecule has 3 rings (SSSR count). The molecule has 0 radical (unpaired) electrons. The highest BCUT2D eigenvalue weighted by Gasteiger charge is 2.09. The third-order valence-corrected chi connectivity index (χ3v) is 4.24. The van der Waals surface area contributed by atoms with Crippen molar-refractivity contribution >= 4 is 38.0 Å². The van der Waals surface area contributed by atoms with E-state index >= 15 is 0 Å². The van der Waals surface area contributed by atoms with Crippen LogP contribution in [-0.4, -0.2) is 13.0 Å². The van der Waals surface area contributed by atoms with Crippen LogP contribution in [0.5, 0.6) is 0 Å². The quantitative estimate of drug-likeness (QED) is 0.504. The number of hydrogen-bond acceptors (Lipinski definition) is 6. The van der Waals surface area contributed by atoms with Crippen molar-refractivity contribution in [3.63, 3.8) is 0 Å². The van der Waals surface area contributed by atoms with Crippen LogP contribution < -0.4 is 0 Å². The van der Waals surface area contributed by atoms with Gasteiger partial charge in [-0.2, -0.15) is 18.6 Å². The van der Waals surface area contributed by atoms with E-state index in [1.165, 1.54) is 18.2 Å². The van der Waals surface area contributed by atoms with Gasteiger partial charge in [0.25, 0.3) is 10.1 Å². The molecule has 0 spiro atoms. The van der Waals surface area contributed by atoms with Crippen LogP contribution in [0.4, 0.5) is 17.1 Å². The van der Waals surface area contributed by atoms with Gasteiger partial charge in [-0.3, -0.25) is 4.55 Å². The molecule has 2 N–H and O–H groups in total. The van der Waals surface area contributed by atoms with Crippen molar-refractivity contribution in [2.75, 3.05) is 0 Å². The minimum Gasteiger partial charge on any atom is -0.282 e. The maximum Gasteiger partial charge on any atom is 0.294 e. The normalized spacial score (nSPS) is 11.9. The molecule has 3 aromatic carbocycles. The summed E-state index contributed by atoms with van der Waals surface area (Å²) in [6.07, 6.45) is 0. The zero-order valence-electron chi connectivity index (χ0n) is 12.3. The second-order valence-corrected chi connectivity index (χ2v) is 6.36. The molecule has 0 aliphatic carbocycles. The molecule has 0 fully saturated rings. The molecule has 0 unspecified atom stereocenters. The van der Waals surface area contributed by atoms with Gasteiger partial charge >= 0.3 is 0 Å². The van der Waals surface area contributed by atoms with E-state index < -0.39 is 10.1 Å². The molecule has 0 atom stereocenters. The van der Waals surface area contributed by atoms with Crippen LogP contribution in [0, 0.1) is 5.53 Å². The van der Waals surface area contributed by atoms with Gasteiger partial charge in [0.15, 0.2) is 0 Å². The maximum absolute atomic E-state index is 11.2. The Kier molecular flexibility index (Phi) is 4.15. The van der Waals surface area contributed by atoms with E-state index in [1.54, 1.807) is 18.2 Å². The van der Waals surface area contributed by atoms with E-state index in [-0.39, 0.29) is 4.90 Å². The minimum absolute atomic E-state index is 0.243. The number of nitrogens with zero attached hydrogens (tertiary/aromatic N) is 3. The van der Waals surface area contributed by atoms with Crippen molar-refractivity contribution in [3.8, 4) is 0 Å². The van der Waals surface area contributed by atoms with Crippen LogP contribution in [0.3, 0.4) is 0 Å². The predicted octanol–water partition coefficient (Wildman–Crippen LogP) is 5.16. The number of nitrogens with one attached hydrogen (secondary N) is 1. The van der Waals surface area contributed by atoms with Gasteiger partial charge in [0.05, 0.1) is 22.0 Å². The summed E-state index contributed by atoms with van der Waals surface area (Å²) in [5, 5.41) is 13.2. The van der Waals surface area contributed by atoms with Crippen LogP contribution in [0.15, 0.2) is 80.9 Å². The highest BCUT2D eigenvalue weighted by atomic mass is 32.2. The van der Waals surface area contributed by atoms with Crippen molar-refractivity contribution in [2.45, 2.75) is 4.90 Å². The minimum atomic E-state index is -4.29. The van der Waals surface area contributed by atoms with Crippen molar-refractivity contribution in [3.05, 3.63) is 60.7 Å². The first-order valence-electron chi connectivity index (χ1n) is 6.87. The molecule has 0 aliphatic rings. The summed E-state index contributed by atoms with van der Waals surface area (Å²) in [6.45, 7) is 0. The first kappa shape index (κ1) is 15.9. The van der Waals surface area contributed by atoms with E-state index in [0.29, 0.717) is 17.1 Å². The van der Waals surface area contributed by atoms with E-state index in [2.05, 4.69) is 15.3 Å². The Morgan fingerprint density at radius 1 is 0.833 bits per heavy atom. The van der Waals surface area contributed by atoms with Gasteiger partial charge in [-0.25, -0.2) is 5.53 Å². The number of azo groups is 1. The second kappa shape index (κ2) is 6.26. The van der Waals surface area contributed by atoms with Crippen LogP contribution in [0.25, 0.3) is 10.8 Å². The molecule has 0 aromatic heterocycles. The third-order valence-electron chi connectivity index (χ3n) is 3.39. The van der Waals surface area contributed by atoms with Gasteiger partial charge < -0.3 is 0 Å². The molecule has 7 nitrogen and oxygen atoms in total. The monoisotopic (exact) mass is 340 g/mol. The standard InChI is InChI=1S/C16H12N4O3S/c17-18-15-8-9-16(14-7-2-1-6-13(14)15)20-19-11-4-3-5-12(10-11)24(21,22)23/h1-10,17H,(H,21,22,23). The van der Waals surface area contributed by atoms with Crippen LogP contribution in [0.2, 0.25) is 0 Å². The van der Waals surface area contributed by atoms with Gasteiger partial charge in [0, 0.05) is 10.8 Å². The largest absolute Gasteiger partial charge is 0.294 e. The fraction of sp³-hybridized carbons (Fsp3) is 0. The van der Waals surface area contributed by atoms with Crippen molar-refractivity contribution in [1.29, 1.82) is 5.53 Å². The first-order valence-corrected chi connectivity index (χ1v) is 8.31. The van der Waals surface area contributed by atoms with Crippen molar-refractivity contribution < 1.29 is 13.0 Å². The summed E-state index contributed by atoms with van der Waals surface area (Å²) in [5.41, 5.74) is 8.59. The van der Waals surface area contributed by atoms with Gasteiger partial charge in [-0.05, 0) is 30.3 Å². The van der Waals surface area contributed by atoms with Crippen LogP contribution in [0.1, 0.15) is 0 Å². The Balaban J connectivity index is 2.05. The lowest BCUT2D eigenvalue weighted by Gasteiger charge is -2.03. The highest BCUT2D eigenvalue weighted by Crippen LogP contribution is 2.34. The Labute approximate surface area is 137 Å². The smallest absolute Gasteiger partial charge is 0.282 e. The predicted molar refractivity (Wildman–Crippen MR) is 89.2 cm³/mol. The lowest BCUT2D eigenvalue weighted by molar-refractivity contribution is 0.483. The molecule has 3 aromatic rings. The molecule has 0 amide bonds. The summed E-state index contributed by atoms with van der Waals surface area (Å²) in [4.78, 5) is -0.243. The summed E-state index contributed by atoms with van der Waals surface area (Å²) in [6, 6.07) is 16.3. The van der Waals surface area contributed by atoms with E-state index in [0.717, 1.165) is 10.8 Å². The Morgan fingerprint density at radius 2 is 1.50 bits per heavy atom. The zero-order valence-corrected chi connectivity index (χ0v) is 13.1. The lowest BCUT2D eigenvalue weighted by Crippen LogP contribution is -1.96. The number of rotatable bonds is 4. The third kappa shape index (κ3) is 3.19. The Hall–Kier alpha value is -2.97. The summed E-state index contributed by atoms with van der Waals surface area (Å²) < 4.78 is 31.4. The van der Waals surface area contributed by atoms with E-state index in [9.17, 15) is 8.42 Å². The highest BCUT2D eigenvalue weighted by molar-refractivity contribution is 7.85. The molecule has 120 valence electrons. The van der Waals surface area contributed by atoms with Crippen LogP contribution >= 0.6 is 0 Å². The second-order valence-electron chi connectivity index (χ2n) is 4.93. The molecular formula is C16H12N4O3S. The Morgan fingerprint density at radius 3 is 2.17 bits per heavy atom. The Bertz CT molecular complexity index is 1060. The molecule has 0 bridgehead atoms. The van der Waals surface area contributed by atoms with E-state index in [4.69, 9.17) is 10.1 Å². The van der Waals surface area contributed by atoms with Gasteiger partial charge in [-0.1, -0.05) is 30.3 Å². The van der Waals surface area contributed by atoms with Crippen molar-refractivity contribution in [2.24, 2.45) is 15.3 Å².